The fraction of sp³-hybridized carbons (Fsp3) is 0.357. The first kappa shape index (κ1) is 13.3. The molecule has 0 unspecified atom stereocenters. The molecule has 0 atom stereocenters. The Hall–Kier alpha value is -1.79. The lowest BCUT2D eigenvalue weighted by atomic mass is 10.1. The van der Waals surface area contributed by atoms with Crippen LogP contribution in [0.1, 0.15) is 35.2 Å². The highest BCUT2D eigenvalue weighted by Crippen LogP contribution is 2.07. The van der Waals surface area contributed by atoms with Crippen molar-refractivity contribution < 1.29 is 4.79 Å². The van der Waals surface area contributed by atoms with Gasteiger partial charge in [0.25, 0.3) is 0 Å². The Morgan fingerprint density at radius 3 is 2.82 bits per heavy atom. The van der Waals surface area contributed by atoms with Crippen molar-refractivity contribution in [2.24, 2.45) is 5.73 Å². The molecular formula is C14H18N2O. The number of carbonyl (C=O) groups excluding carboxylic acids is 1. The van der Waals surface area contributed by atoms with E-state index in [1.165, 1.54) is 0 Å². The summed E-state index contributed by atoms with van der Waals surface area (Å²) in [6.45, 7) is 1.56. The maximum absolute atomic E-state index is 11.2. The van der Waals surface area contributed by atoms with E-state index in [1.807, 2.05) is 18.2 Å². The van der Waals surface area contributed by atoms with Crippen molar-refractivity contribution >= 4 is 5.91 Å². The van der Waals surface area contributed by atoms with Crippen molar-refractivity contribution in [3.8, 4) is 12.3 Å². The fourth-order valence-electron chi connectivity index (χ4n) is 1.61. The summed E-state index contributed by atoms with van der Waals surface area (Å²) in [7, 11) is 0. The maximum atomic E-state index is 11.2. The zero-order chi connectivity index (χ0) is 12.5. The van der Waals surface area contributed by atoms with Crippen molar-refractivity contribution in [2.45, 2.75) is 25.8 Å². The molecule has 17 heavy (non-hydrogen) atoms. The zero-order valence-electron chi connectivity index (χ0n) is 9.91. The molecule has 3 N–H and O–H groups in total. The van der Waals surface area contributed by atoms with E-state index >= 15 is 0 Å². The summed E-state index contributed by atoms with van der Waals surface area (Å²) in [5.41, 5.74) is 6.82. The molecule has 1 aromatic carbocycles. The molecule has 0 saturated carbocycles. The highest BCUT2D eigenvalue weighted by molar-refractivity contribution is 5.94. The van der Waals surface area contributed by atoms with Crippen molar-refractivity contribution in [2.75, 3.05) is 6.54 Å². The first-order valence-electron chi connectivity index (χ1n) is 5.77. The van der Waals surface area contributed by atoms with Crippen molar-refractivity contribution in [3.63, 3.8) is 0 Å². The third kappa shape index (κ3) is 4.71. The SMILES string of the molecule is C#CCCCCNCc1ccccc1C(N)=O. The number of unbranched alkanes of at least 4 members (excludes halogenated alkanes) is 2. The highest BCUT2D eigenvalue weighted by atomic mass is 16.1. The van der Waals surface area contributed by atoms with E-state index in [2.05, 4.69) is 11.2 Å². The van der Waals surface area contributed by atoms with Gasteiger partial charge in [0.1, 0.15) is 0 Å². The molecule has 0 bridgehead atoms. The van der Waals surface area contributed by atoms with Crippen LogP contribution in [0.2, 0.25) is 0 Å². The van der Waals surface area contributed by atoms with Crippen LogP contribution in [0.15, 0.2) is 24.3 Å². The van der Waals surface area contributed by atoms with Crippen LogP contribution < -0.4 is 11.1 Å². The van der Waals surface area contributed by atoms with Gasteiger partial charge >= 0.3 is 0 Å². The molecule has 0 aliphatic heterocycles. The van der Waals surface area contributed by atoms with E-state index in [-0.39, 0.29) is 5.91 Å². The Bertz CT molecular complexity index is 407. The van der Waals surface area contributed by atoms with Crippen LogP contribution in [0, 0.1) is 12.3 Å². The lowest BCUT2D eigenvalue weighted by Gasteiger charge is -2.07. The summed E-state index contributed by atoms with van der Waals surface area (Å²) in [6.07, 6.45) is 8.06. The smallest absolute Gasteiger partial charge is 0.249 e. The number of amides is 1. The molecule has 0 saturated heterocycles. The molecule has 0 fully saturated rings. The first-order chi connectivity index (χ1) is 8.25. The molecule has 0 radical (unpaired) electrons. The number of carbonyl (C=O) groups is 1. The molecule has 0 spiro atoms. The fourth-order valence-corrected chi connectivity index (χ4v) is 1.61. The summed E-state index contributed by atoms with van der Waals surface area (Å²) >= 11 is 0. The molecule has 0 aliphatic rings. The van der Waals surface area contributed by atoms with Gasteiger partial charge in [0.05, 0.1) is 0 Å². The average Bonchev–Trinajstić information content (AvgIpc) is 2.34. The Labute approximate surface area is 102 Å². The summed E-state index contributed by atoms with van der Waals surface area (Å²) in [5, 5.41) is 3.28. The number of benzene rings is 1. The van der Waals surface area contributed by atoms with E-state index in [4.69, 9.17) is 12.2 Å². The van der Waals surface area contributed by atoms with Gasteiger partial charge in [-0.15, -0.1) is 12.3 Å². The predicted molar refractivity (Wildman–Crippen MR) is 69.4 cm³/mol. The number of primary amides is 1. The zero-order valence-corrected chi connectivity index (χ0v) is 9.91. The number of hydrogen-bond donors (Lipinski definition) is 2. The molecule has 0 aliphatic carbocycles. The quantitative estimate of drug-likeness (QED) is 0.553. The lowest BCUT2D eigenvalue weighted by molar-refractivity contribution is 0.0999. The largest absolute Gasteiger partial charge is 0.366 e. The van der Waals surface area contributed by atoms with Gasteiger partial charge in [0, 0.05) is 18.5 Å². The topological polar surface area (TPSA) is 55.1 Å². The number of nitrogens with one attached hydrogen (secondary N) is 1. The molecule has 1 aromatic rings. The van der Waals surface area contributed by atoms with Crippen LogP contribution in [0.25, 0.3) is 0 Å². The van der Waals surface area contributed by atoms with E-state index in [1.54, 1.807) is 6.07 Å². The highest BCUT2D eigenvalue weighted by Gasteiger charge is 2.05. The third-order valence-electron chi connectivity index (χ3n) is 2.52. The second-order valence-electron chi connectivity index (χ2n) is 3.86. The first-order valence-corrected chi connectivity index (χ1v) is 5.77. The van der Waals surface area contributed by atoms with E-state index < -0.39 is 0 Å². The number of terminal acetylenes is 1. The second-order valence-corrected chi connectivity index (χ2v) is 3.86. The number of nitrogens with two attached hydrogens (primary N) is 1. The van der Waals surface area contributed by atoms with Crippen LogP contribution in [0.5, 0.6) is 0 Å². The minimum Gasteiger partial charge on any atom is -0.366 e. The standard InChI is InChI=1S/C14H18N2O/c1-2-3-4-7-10-16-11-12-8-5-6-9-13(12)14(15)17/h1,5-6,8-9,16H,3-4,7,10-11H2,(H2,15,17). The van der Waals surface area contributed by atoms with Crippen LogP contribution in [0.3, 0.4) is 0 Å². The van der Waals surface area contributed by atoms with Gasteiger partial charge in [-0.05, 0) is 31.0 Å². The van der Waals surface area contributed by atoms with Gasteiger partial charge < -0.3 is 11.1 Å². The van der Waals surface area contributed by atoms with Gasteiger partial charge in [-0.1, -0.05) is 18.2 Å². The van der Waals surface area contributed by atoms with Crippen LogP contribution >= 0.6 is 0 Å². The van der Waals surface area contributed by atoms with Gasteiger partial charge in [0.2, 0.25) is 5.91 Å². The molecule has 1 amide bonds. The molecule has 0 heterocycles. The monoisotopic (exact) mass is 230 g/mol. The number of rotatable bonds is 7. The van der Waals surface area contributed by atoms with Crippen LogP contribution in [-0.4, -0.2) is 12.5 Å². The van der Waals surface area contributed by atoms with Gasteiger partial charge in [-0.25, -0.2) is 0 Å². The van der Waals surface area contributed by atoms with Gasteiger partial charge in [-0.3, -0.25) is 4.79 Å². The summed E-state index contributed by atoms with van der Waals surface area (Å²) in [4.78, 5) is 11.2. The van der Waals surface area contributed by atoms with Gasteiger partial charge in [0.15, 0.2) is 0 Å². The Balaban J connectivity index is 2.37. The Morgan fingerprint density at radius 2 is 2.12 bits per heavy atom. The van der Waals surface area contributed by atoms with Crippen molar-refractivity contribution in [1.82, 2.24) is 5.32 Å². The molecule has 90 valence electrons. The Morgan fingerprint density at radius 1 is 1.35 bits per heavy atom. The normalized spacial score (nSPS) is 9.82. The molecule has 1 rings (SSSR count). The summed E-state index contributed by atoms with van der Waals surface area (Å²) in [5.74, 6) is 2.23. The van der Waals surface area contributed by atoms with E-state index in [0.29, 0.717) is 12.1 Å². The summed E-state index contributed by atoms with van der Waals surface area (Å²) < 4.78 is 0. The van der Waals surface area contributed by atoms with Crippen molar-refractivity contribution in [1.29, 1.82) is 0 Å². The molecule has 3 nitrogen and oxygen atoms in total. The van der Waals surface area contributed by atoms with Crippen LogP contribution in [0.4, 0.5) is 0 Å². The van der Waals surface area contributed by atoms with Crippen molar-refractivity contribution in [3.05, 3.63) is 35.4 Å². The van der Waals surface area contributed by atoms with E-state index in [9.17, 15) is 4.79 Å². The number of hydrogen-bond acceptors (Lipinski definition) is 2. The van der Waals surface area contributed by atoms with E-state index in [0.717, 1.165) is 31.4 Å². The minimum absolute atomic E-state index is 0.380. The predicted octanol–water partition coefficient (Wildman–Crippen LogP) is 1.68. The average molecular weight is 230 g/mol. The third-order valence-corrected chi connectivity index (χ3v) is 2.52. The summed E-state index contributed by atoms with van der Waals surface area (Å²) in [6, 6.07) is 7.38. The minimum atomic E-state index is -0.380. The lowest BCUT2D eigenvalue weighted by Crippen LogP contribution is -2.19. The second kappa shape index (κ2) is 7.48. The maximum Gasteiger partial charge on any atom is 0.249 e. The molecule has 3 heteroatoms. The van der Waals surface area contributed by atoms with Gasteiger partial charge in [-0.2, -0.15) is 0 Å². The molecular weight excluding hydrogens is 212 g/mol. The Kier molecular flexibility index (Phi) is 5.84. The molecule has 0 aromatic heterocycles. The van der Waals surface area contributed by atoms with Crippen LogP contribution in [-0.2, 0) is 6.54 Å².